The molecular weight excluding hydrogens is 452 g/mol. The first-order valence-electron chi connectivity index (χ1n) is 12.8. The molecule has 0 radical (unpaired) electrons. The number of amides is 2. The van der Waals surface area contributed by atoms with E-state index in [9.17, 15) is 14.4 Å². The van der Waals surface area contributed by atoms with E-state index in [2.05, 4.69) is 26.8 Å². The SMILES string of the molecule is CO[C@H]1[C@H](C2(C)OC2CC=C(C)C)[C@]2(CC[C@H]1OC(=O)N1CCN(C(=O)CCC(C)=O)CC1)CO2. The Labute approximate surface area is 208 Å². The Hall–Kier alpha value is -1.97. The Morgan fingerprint density at radius 1 is 1.06 bits per heavy atom. The lowest BCUT2D eigenvalue weighted by atomic mass is 9.68. The molecule has 0 N–H and O–H groups in total. The Kier molecular flexibility index (Phi) is 7.60. The van der Waals surface area contributed by atoms with Crippen LogP contribution >= 0.6 is 0 Å². The third-order valence-corrected chi connectivity index (χ3v) is 8.07. The van der Waals surface area contributed by atoms with Crippen molar-refractivity contribution in [3.8, 4) is 0 Å². The molecule has 6 atom stereocenters. The molecule has 0 aromatic heterocycles. The lowest BCUT2D eigenvalue weighted by Gasteiger charge is -2.43. The van der Waals surface area contributed by atoms with Gasteiger partial charge >= 0.3 is 6.09 Å². The number of epoxide rings is 2. The molecule has 0 aromatic rings. The lowest BCUT2D eigenvalue weighted by molar-refractivity contribution is -0.135. The van der Waals surface area contributed by atoms with Crippen molar-refractivity contribution in [2.24, 2.45) is 5.92 Å². The zero-order chi connectivity index (χ0) is 25.4. The molecule has 1 saturated carbocycles. The molecule has 1 aliphatic carbocycles. The zero-order valence-corrected chi connectivity index (χ0v) is 21.7. The summed E-state index contributed by atoms with van der Waals surface area (Å²) in [7, 11) is 1.67. The van der Waals surface area contributed by atoms with Gasteiger partial charge in [-0.1, -0.05) is 11.6 Å². The predicted molar refractivity (Wildman–Crippen MR) is 128 cm³/mol. The van der Waals surface area contributed by atoms with Crippen molar-refractivity contribution in [3.63, 3.8) is 0 Å². The summed E-state index contributed by atoms with van der Waals surface area (Å²) in [5.74, 6) is -0.0538. The van der Waals surface area contributed by atoms with Crippen molar-refractivity contribution in [2.45, 2.75) is 89.3 Å². The molecule has 0 aromatic carbocycles. The van der Waals surface area contributed by atoms with Crippen LogP contribution in [0.15, 0.2) is 11.6 Å². The van der Waals surface area contributed by atoms with Crippen molar-refractivity contribution < 1.29 is 33.3 Å². The molecule has 4 aliphatic rings. The second-order valence-corrected chi connectivity index (χ2v) is 10.9. The van der Waals surface area contributed by atoms with E-state index in [4.69, 9.17) is 18.9 Å². The van der Waals surface area contributed by atoms with E-state index < -0.39 is 0 Å². The molecule has 3 saturated heterocycles. The summed E-state index contributed by atoms with van der Waals surface area (Å²) >= 11 is 0. The minimum Gasteiger partial charge on any atom is -0.443 e. The summed E-state index contributed by atoms with van der Waals surface area (Å²) in [5.41, 5.74) is 0.629. The van der Waals surface area contributed by atoms with Gasteiger partial charge in [-0.2, -0.15) is 0 Å². The quantitative estimate of drug-likeness (QED) is 0.379. The van der Waals surface area contributed by atoms with Gasteiger partial charge in [0.25, 0.3) is 0 Å². The van der Waals surface area contributed by atoms with Crippen molar-refractivity contribution in [3.05, 3.63) is 11.6 Å². The normalized spacial score (nSPS) is 36.0. The molecule has 4 rings (SSSR count). The van der Waals surface area contributed by atoms with Crippen molar-refractivity contribution in [1.29, 1.82) is 0 Å². The van der Waals surface area contributed by atoms with Crippen LogP contribution in [0, 0.1) is 5.92 Å². The Morgan fingerprint density at radius 2 is 1.71 bits per heavy atom. The maximum absolute atomic E-state index is 13.0. The number of Topliss-reactive ketones (excluding diaryl/α,β-unsaturated/α-hetero) is 1. The van der Waals surface area contributed by atoms with E-state index in [1.807, 2.05) is 0 Å². The molecule has 4 fully saturated rings. The molecular formula is C26H40N2O7. The van der Waals surface area contributed by atoms with Crippen LogP contribution in [-0.2, 0) is 28.5 Å². The highest BCUT2D eigenvalue weighted by Crippen LogP contribution is 2.59. The second-order valence-electron chi connectivity index (χ2n) is 10.9. The molecule has 1 spiro atoms. The molecule has 35 heavy (non-hydrogen) atoms. The third-order valence-electron chi connectivity index (χ3n) is 8.07. The molecule has 2 unspecified atom stereocenters. The summed E-state index contributed by atoms with van der Waals surface area (Å²) in [5, 5.41) is 0. The first-order chi connectivity index (χ1) is 16.6. The van der Waals surface area contributed by atoms with E-state index in [1.165, 1.54) is 12.5 Å². The van der Waals surface area contributed by atoms with Crippen LogP contribution in [0.2, 0.25) is 0 Å². The largest absolute Gasteiger partial charge is 0.443 e. The van der Waals surface area contributed by atoms with Gasteiger partial charge in [-0.15, -0.1) is 0 Å². The van der Waals surface area contributed by atoms with Crippen LogP contribution < -0.4 is 0 Å². The van der Waals surface area contributed by atoms with Gasteiger partial charge in [0, 0.05) is 46.1 Å². The Balaban J connectivity index is 1.35. The average molecular weight is 493 g/mol. The number of ether oxygens (including phenoxy) is 4. The van der Waals surface area contributed by atoms with Crippen LogP contribution in [0.3, 0.4) is 0 Å². The summed E-state index contributed by atoms with van der Waals surface area (Å²) < 4.78 is 24.2. The fourth-order valence-corrected chi connectivity index (χ4v) is 5.85. The molecule has 9 nitrogen and oxygen atoms in total. The monoisotopic (exact) mass is 492 g/mol. The van der Waals surface area contributed by atoms with E-state index in [0.717, 1.165) is 12.8 Å². The highest BCUT2D eigenvalue weighted by Gasteiger charge is 2.72. The summed E-state index contributed by atoms with van der Waals surface area (Å²) in [4.78, 5) is 39.9. The summed E-state index contributed by atoms with van der Waals surface area (Å²) in [6, 6.07) is 0. The molecule has 196 valence electrons. The fraction of sp³-hybridized carbons (Fsp3) is 0.808. The number of rotatable bonds is 8. The Bertz CT molecular complexity index is 858. The van der Waals surface area contributed by atoms with Gasteiger partial charge in [-0.05, 0) is 47.0 Å². The van der Waals surface area contributed by atoms with Gasteiger partial charge in [-0.3, -0.25) is 4.79 Å². The van der Waals surface area contributed by atoms with E-state index in [1.54, 1.807) is 16.9 Å². The maximum Gasteiger partial charge on any atom is 0.410 e. The van der Waals surface area contributed by atoms with Crippen molar-refractivity contribution in [1.82, 2.24) is 9.80 Å². The Morgan fingerprint density at radius 3 is 2.29 bits per heavy atom. The first kappa shape index (κ1) is 26.1. The van der Waals surface area contributed by atoms with E-state index >= 15 is 0 Å². The average Bonchev–Trinajstić information content (AvgIpc) is 3.74. The topological polar surface area (TPSA) is 101 Å². The smallest absolute Gasteiger partial charge is 0.410 e. The van der Waals surface area contributed by atoms with Crippen LogP contribution in [0.5, 0.6) is 0 Å². The van der Waals surface area contributed by atoms with E-state index in [0.29, 0.717) is 39.2 Å². The van der Waals surface area contributed by atoms with Gasteiger partial charge in [0.1, 0.15) is 29.2 Å². The zero-order valence-electron chi connectivity index (χ0n) is 21.7. The number of carbonyl (C=O) groups is 3. The number of nitrogens with zero attached hydrogens (tertiary/aromatic N) is 2. The van der Waals surface area contributed by atoms with Crippen molar-refractivity contribution in [2.75, 3.05) is 39.9 Å². The van der Waals surface area contributed by atoms with Crippen molar-refractivity contribution >= 4 is 17.8 Å². The number of ketones is 1. The van der Waals surface area contributed by atoms with Crippen LogP contribution in [0.1, 0.15) is 59.8 Å². The molecule has 2 amide bonds. The predicted octanol–water partition coefficient (Wildman–Crippen LogP) is 2.71. The molecule has 3 aliphatic heterocycles. The van der Waals surface area contributed by atoms with Crippen LogP contribution in [0.25, 0.3) is 0 Å². The van der Waals surface area contributed by atoms with E-state index in [-0.39, 0.29) is 66.1 Å². The lowest BCUT2D eigenvalue weighted by Crippen LogP contribution is -2.57. The molecule has 0 bridgehead atoms. The van der Waals surface area contributed by atoms with Gasteiger partial charge < -0.3 is 33.5 Å². The standard InChI is InChI=1S/C26H40N2O7/c1-17(2)6-8-20-25(4,35-20)23-22(32-5)19(10-11-26(23)16-33-26)34-24(31)28-14-12-27(13-15-28)21(30)9-7-18(3)29/h6,19-20,22-23H,7-16H2,1-5H3/t19-,20?,22-,23-,25?,26+/m1/s1. The number of allylic oxidation sites excluding steroid dienone is 1. The minimum atomic E-state index is -0.382. The van der Waals surface area contributed by atoms with Crippen LogP contribution in [-0.4, -0.2) is 97.0 Å². The first-order valence-corrected chi connectivity index (χ1v) is 12.8. The third kappa shape index (κ3) is 5.57. The number of hydrogen-bond donors (Lipinski definition) is 0. The minimum absolute atomic E-state index is 0.00569. The van der Waals surface area contributed by atoms with Gasteiger partial charge in [0.2, 0.25) is 5.91 Å². The maximum atomic E-state index is 13.0. The van der Waals surface area contributed by atoms with Gasteiger partial charge in [-0.25, -0.2) is 4.79 Å². The molecule has 9 heteroatoms. The number of piperazine rings is 1. The highest BCUT2D eigenvalue weighted by molar-refractivity contribution is 5.83. The second kappa shape index (κ2) is 10.2. The number of methoxy groups -OCH3 is 1. The number of carbonyl (C=O) groups excluding carboxylic acids is 3. The van der Waals surface area contributed by atoms with Gasteiger partial charge in [0.15, 0.2) is 0 Å². The van der Waals surface area contributed by atoms with Gasteiger partial charge in [0.05, 0.1) is 18.6 Å². The molecule has 3 heterocycles. The fourth-order valence-electron chi connectivity index (χ4n) is 5.85. The summed E-state index contributed by atoms with van der Waals surface area (Å²) in [6.07, 6.45) is 4.04. The highest BCUT2D eigenvalue weighted by atomic mass is 16.6. The van der Waals surface area contributed by atoms with Crippen LogP contribution in [0.4, 0.5) is 4.79 Å². The summed E-state index contributed by atoms with van der Waals surface area (Å²) in [6.45, 7) is 10.2. The number of hydrogen-bond acceptors (Lipinski definition) is 7.